The zero-order chi connectivity index (χ0) is 13.1. The van der Waals surface area contributed by atoms with Gasteiger partial charge in [0.1, 0.15) is 5.60 Å². The van der Waals surface area contributed by atoms with E-state index in [0.29, 0.717) is 13.0 Å². The van der Waals surface area contributed by atoms with E-state index in [-0.39, 0.29) is 6.61 Å². The molecule has 1 aliphatic rings. The van der Waals surface area contributed by atoms with E-state index in [9.17, 15) is 15.2 Å². The second kappa shape index (κ2) is 4.92. The number of likely N-dealkylation sites (tertiary alicyclic amines) is 1. The lowest BCUT2D eigenvalue weighted by Gasteiger charge is -2.41. The molecule has 0 radical (unpaired) electrons. The van der Waals surface area contributed by atoms with Gasteiger partial charge in [0.25, 0.3) is 0 Å². The first-order valence-electron chi connectivity index (χ1n) is 5.87. The summed E-state index contributed by atoms with van der Waals surface area (Å²) in [5.41, 5.74) is -1.70. The number of nitrogens with zero attached hydrogens (tertiary/aromatic N) is 2. The van der Waals surface area contributed by atoms with Crippen molar-refractivity contribution in [2.24, 2.45) is 0 Å². The summed E-state index contributed by atoms with van der Waals surface area (Å²) in [5.74, 6) is 0. The van der Waals surface area contributed by atoms with E-state index in [1.807, 2.05) is 0 Å². The summed E-state index contributed by atoms with van der Waals surface area (Å²) in [6.07, 6.45) is 1.66. The number of aliphatic hydroxyl groups excluding tert-OH is 1. The average molecular weight is 240 g/mol. The van der Waals surface area contributed by atoms with Crippen molar-refractivity contribution in [3.8, 4) is 6.07 Å². The van der Waals surface area contributed by atoms with E-state index in [2.05, 4.69) is 6.07 Å². The molecule has 1 rings (SSSR count). The molecule has 1 aliphatic heterocycles. The fourth-order valence-corrected chi connectivity index (χ4v) is 1.94. The topological polar surface area (TPSA) is 73.6 Å². The van der Waals surface area contributed by atoms with Crippen LogP contribution < -0.4 is 0 Å². The molecule has 1 saturated heterocycles. The van der Waals surface area contributed by atoms with Crippen LogP contribution in [0.1, 0.15) is 40.0 Å². The maximum atomic E-state index is 12.0. The molecule has 1 fully saturated rings. The van der Waals surface area contributed by atoms with Crippen molar-refractivity contribution < 1.29 is 14.6 Å². The van der Waals surface area contributed by atoms with Gasteiger partial charge in [-0.05, 0) is 40.0 Å². The molecule has 0 aromatic carbocycles. The van der Waals surface area contributed by atoms with Gasteiger partial charge in [-0.2, -0.15) is 5.26 Å². The Kier molecular flexibility index (Phi) is 3.99. The normalized spacial score (nSPS) is 25.2. The highest BCUT2D eigenvalue weighted by molar-refractivity contribution is 5.70. The highest BCUT2D eigenvalue weighted by atomic mass is 16.6. The third-order valence-corrected chi connectivity index (χ3v) is 2.82. The third-order valence-electron chi connectivity index (χ3n) is 2.82. The van der Waals surface area contributed by atoms with Crippen LogP contribution >= 0.6 is 0 Å². The lowest BCUT2D eigenvalue weighted by molar-refractivity contribution is -0.0152. The maximum Gasteiger partial charge on any atom is 0.411 e. The van der Waals surface area contributed by atoms with Crippen LogP contribution in [0.4, 0.5) is 4.79 Å². The summed E-state index contributed by atoms with van der Waals surface area (Å²) in [4.78, 5) is 13.4. The SMILES string of the molecule is CC(C)(C)OC(=O)N1CCCCC1(C#N)CO. The Balaban J connectivity index is 2.86. The van der Waals surface area contributed by atoms with Crippen LogP contribution in [-0.2, 0) is 4.74 Å². The van der Waals surface area contributed by atoms with E-state index >= 15 is 0 Å². The number of ether oxygens (including phenoxy) is 1. The van der Waals surface area contributed by atoms with Gasteiger partial charge in [0.2, 0.25) is 0 Å². The molecule has 0 aromatic heterocycles. The summed E-state index contributed by atoms with van der Waals surface area (Å²) in [5, 5.41) is 18.6. The smallest absolute Gasteiger partial charge is 0.411 e. The van der Waals surface area contributed by atoms with Crippen molar-refractivity contribution in [2.45, 2.75) is 51.2 Å². The molecule has 96 valence electrons. The van der Waals surface area contributed by atoms with Crippen LogP contribution in [0.25, 0.3) is 0 Å². The minimum absolute atomic E-state index is 0.345. The molecule has 1 unspecified atom stereocenters. The van der Waals surface area contributed by atoms with Crippen molar-refractivity contribution in [3.05, 3.63) is 0 Å². The molecule has 0 saturated carbocycles. The first-order chi connectivity index (χ1) is 7.84. The van der Waals surface area contributed by atoms with Gasteiger partial charge >= 0.3 is 6.09 Å². The van der Waals surface area contributed by atoms with E-state index < -0.39 is 17.2 Å². The number of carbonyl (C=O) groups excluding carboxylic acids is 1. The largest absolute Gasteiger partial charge is 0.444 e. The van der Waals surface area contributed by atoms with Gasteiger partial charge in [-0.1, -0.05) is 0 Å². The predicted molar refractivity (Wildman–Crippen MR) is 62.2 cm³/mol. The van der Waals surface area contributed by atoms with E-state index in [0.717, 1.165) is 12.8 Å². The first kappa shape index (κ1) is 13.8. The molecular formula is C12H20N2O3. The van der Waals surface area contributed by atoms with Gasteiger partial charge in [-0.3, -0.25) is 4.90 Å². The predicted octanol–water partition coefficient (Wildman–Crippen LogP) is 1.66. The van der Waals surface area contributed by atoms with Gasteiger partial charge in [-0.15, -0.1) is 0 Å². The van der Waals surface area contributed by atoms with Crippen molar-refractivity contribution in [1.29, 1.82) is 5.26 Å². The van der Waals surface area contributed by atoms with Gasteiger partial charge in [0.05, 0.1) is 12.7 Å². The molecular weight excluding hydrogens is 220 g/mol. The molecule has 1 N–H and O–H groups in total. The molecule has 1 amide bonds. The Morgan fingerprint density at radius 1 is 1.53 bits per heavy atom. The summed E-state index contributed by atoms with van der Waals surface area (Å²) in [6, 6.07) is 2.06. The summed E-state index contributed by atoms with van der Waals surface area (Å²) >= 11 is 0. The molecule has 1 heterocycles. The minimum Gasteiger partial charge on any atom is -0.444 e. The lowest BCUT2D eigenvalue weighted by atomic mass is 9.89. The Bertz CT molecular complexity index is 330. The van der Waals surface area contributed by atoms with Crippen LogP contribution in [0.2, 0.25) is 0 Å². The average Bonchev–Trinajstić information content (AvgIpc) is 2.26. The monoisotopic (exact) mass is 240 g/mol. The van der Waals surface area contributed by atoms with Crippen molar-refractivity contribution in [2.75, 3.05) is 13.2 Å². The zero-order valence-electron chi connectivity index (χ0n) is 10.7. The second-order valence-electron chi connectivity index (χ2n) is 5.39. The van der Waals surface area contributed by atoms with Gasteiger partial charge < -0.3 is 9.84 Å². The Labute approximate surface area is 102 Å². The molecule has 0 aromatic rings. The standard InChI is InChI=1S/C12H20N2O3/c1-11(2,3)17-10(16)14-7-5-4-6-12(14,8-13)9-15/h15H,4-7,9H2,1-3H3. The van der Waals surface area contributed by atoms with E-state index in [1.165, 1.54) is 4.90 Å². The van der Waals surface area contributed by atoms with Crippen molar-refractivity contribution >= 4 is 6.09 Å². The van der Waals surface area contributed by atoms with E-state index in [1.54, 1.807) is 20.8 Å². The summed E-state index contributed by atoms with van der Waals surface area (Å²) in [7, 11) is 0. The number of nitriles is 1. The van der Waals surface area contributed by atoms with Crippen LogP contribution in [0.3, 0.4) is 0 Å². The second-order valence-corrected chi connectivity index (χ2v) is 5.39. The number of aliphatic hydroxyl groups is 1. The Morgan fingerprint density at radius 2 is 2.18 bits per heavy atom. The number of hydrogen-bond donors (Lipinski definition) is 1. The summed E-state index contributed by atoms with van der Waals surface area (Å²) in [6.45, 7) is 5.46. The van der Waals surface area contributed by atoms with Gasteiger partial charge in [0, 0.05) is 6.54 Å². The van der Waals surface area contributed by atoms with Gasteiger partial charge in [-0.25, -0.2) is 4.79 Å². The Hall–Kier alpha value is -1.28. The highest BCUT2D eigenvalue weighted by Gasteiger charge is 2.43. The number of hydrogen-bond acceptors (Lipinski definition) is 4. The molecule has 0 aliphatic carbocycles. The molecule has 1 atom stereocenters. The molecule has 0 bridgehead atoms. The fraction of sp³-hybridized carbons (Fsp3) is 0.833. The first-order valence-corrected chi connectivity index (χ1v) is 5.87. The van der Waals surface area contributed by atoms with E-state index in [4.69, 9.17) is 4.74 Å². The zero-order valence-corrected chi connectivity index (χ0v) is 10.7. The van der Waals surface area contributed by atoms with Crippen molar-refractivity contribution in [3.63, 3.8) is 0 Å². The number of rotatable bonds is 1. The molecule has 5 nitrogen and oxygen atoms in total. The fourth-order valence-electron chi connectivity index (χ4n) is 1.94. The van der Waals surface area contributed by atoms with Gasteiger partial charge in [0.15, 0.2) is 5.54 Å². The minimum atomic E-state index is -1.11. The van der Waals surface area contributed by atoms with Crippen molar-refractivity contribution in [1.82, 2.24) is 4.90 Å². The summed E-state index contributed by atoms with van der Waals surface area (Å²) < 4.78 is 5.26. The number of amides is 1. The molecule has 17 heavy (non-hydrogen) atoms. The maximum absolute atomic E-state index is 12.0. The van der Waals surface area contributed by atoms with Crippen LogP contribution in [0.15, 0.2) is 0 Å². The lowest BCUT2D eigenvalue weighted by Crippen LogP contribution is -2.57. The number of piperidine rings is 1. The highest BCUT2D eigenvalue weighted by Crippen LogP contribution is 2.29. The molecule has 5 heteroatoms. The quantitative estimate of drug-likeness (QED) is 0.756. The number of carbonyl (C=O) groups is 1. The van der Waals surface area contributed by atoms with Crippen LogP contribution in [0.5, 0.6) is 0 Å². The van der Waals surface area contributed by atoms with Crippen LogP contribution in [-0.4, -0.2) is 40.4 Å². The molecule has 0 spiro atoms. The van der Waals surface area contributed by atoms with Crippen LogP contribution in [0, 0.1) is 11.3 Å². The third kappa shape index (κ3) is 3.10. The Morgan fingerprint density at radius 3 is 2.65 bits per heavy atom.